The summed E-state index contributed by atoms with van der Waals surface area (Å²) in [5.41, 5.74) is 1.14. The lowest BCUT2D eigenvalue weighted by molar-refractivity contribution is 0.0870. The number of ketones is 1. The monoisotopic (exact) mass is 253 g/mol. The minimum atomic E-state index is -0.412. The Bertz CT molecular complexity index is 435. The van der Waals surface area contributed by atoms with Crippen molar-refractivity contribution in [2.75, 3.05) is 25.1 Å². The standard InChI is InChI=1S/C13H16FNOS/c1-9-3-4-11(14)10(7-9)13(16)12-8-17-6-5-15(12)2/h3-4,7,12H,5-6,8H2,1-2H3. The van der Waals surface area contributed by atoms with Crippen molar-refractivity contribution in [2.24, 2.45) is 0 Å². The van der Waals surface area contributed by atoms with Crippen molar-refractivity contribution in [3.8, 4) is 0 Å². The second-order valence-corrected chi connectivity index (χ2v) is 5.57. The van der Waals surface area contributed by atoms with Gasteiger partial charge in [0.05, 0.1) is 11.6 Å². The van der Waals surface area contributed by atoms with E-state index in [-0.39, 0.29) is 17.4 Å². The summed E-state index contributed by atoms with van der Waals surface area (Å²) in [6.45, 7) is 2.75. The highest BCUT2D eigenvalue weighted by Crippen LogP contribution is 2.20. The van der Waals surface area contributed by atoms with E-state index < -0.39 is 5.82 Å². The molecule has 0 aliphatic carbocycles. The Kier molecular flexibility index (Phi) is 3.84. The first kappa shape index (κ1) is 12.6. The van der Waals surface area contributed by atoms with Gasteiger partial charge in [-0.25, -0.2) is 4.39 Å². The van der Waals surface area contributed by atoms with E-state index in [0.29, 0.717) is 0 Å². The highest BCUT2D eigenvalue weighted by Gasteiger charge is 2.28. The molecule has 1 atom stereocenters. The molecule has 0 saturated carbocycles. The third-order valence-electron chi connectivity index (χ3n) is 3.09. The maximum atomic E-state index is 13.7. The summed E-state index contributed by atoms with van der Waals surface area (Å²) in [4.78, 5) is 14.3. The first-order valence-corrected chi connectivity index (χ1v) is 6.83. The number of Topliss-reactive ketones (excluding diaryl/α,β-unsaturated/α-hetero) is 1. The Morgan fingerprint density at radius 3 is 3.00 bits per heavy atom. The molecule has 0 radical (unpaired) electrons. The van der Waals surface area contributed by atoms with Crippen molar-refractivity contribution in [1.82, 2.24) is 4.90 Å². The molecule has 0 spiro atoms. The number of hydrogen-bond donors (Lipinski definition) is 0. The van der Waals surface area contributed by atoms with Gasteiger partial charge in [0.15, 0.2) is 5.78 Å². The van der Waals surface area contributed by atoms with Crippen molar-refractivity contribution in [3.05, 3.63) is 35.1 Å². The zero-order chi connectivity index (χ0) is 12.4. The van der Waals surface area contributed by atoms with Crippen molar-refractivity contribution in [1.29, 1.82) is 0 Å². The van der Waals surface area contributed by atoms with E-state index >= 15 is 0 Å². The van der Waals surface area contributed by atoms with Crippen LogP contribution in [0.3, 0.4) is 0 Å². The van der Waals surface area contributed by atoms with E-state index in [1.54, 1.807) is 23.9 Å². The lowest BCUT2D eigenvalue weighted by Crippen LogP contribution is -2.45. The zero-order valence-corrected chi connectivity index (χ0v) is 10.9. The number of benzene rings is 1. The van der Waals surface area contributed by atoms with Crippen LogP contribution in [0.4, 0.5) is 4.39 Å². The summed E-state index contributed by atoms with van der Waals surface area (Å²) in [7, 11) is 1.93. The van der Waals surface area contributed by atoms with Gasteiger partial charge in [0.2, 0.25) is 0 Å². The summed E-state index contributed by atoms with van der Waals surface area (Å²) in [5.74, 6) is 1.28. The average molecular weight is 253 g/mol. The van der Waals surface area contributed by atoms with Gasteiger partial charge in [-0.05, 0) is 26.1 Å². The Labute approximate surface area is 105 Å². The van der Waals surface area contributed by atoms with Crippen LogP contribution in [0, 0.1) is 12.7 Å². The van der Waals surface area contributed by atoms with Crippen LogP contribution in [0.25, 0.3) is 0 Å². The number of carbonyl (C=O) groups is 1. The van der Waals surface area contributed by atoms with E-state index in [0.717, 1.165) is 23.6 Å². The second-order valence-electron chi connectivity index (χ2n) is 4.42. The Balaban J connectivity index is 2.26. The normalized spacial score (nSPS) is 21.5. The molecule has 17 heavy (non-hydrogen) atoms. The number of halogens is 1. The molecule has 1 aliphatic heterocycles. The van der Waals surface area contributed by atoms with Crippen LogP contribution in [0.5, 0.6) is 0 Å². The van der Waals surface area contributed by atoms with Crippen LogP contribution < -0.4 is 0 Å². The predicted molar refractivity (Wildman–Crippen MR) is 69.2 cm³/mol. The number of hydrogen-bond acceptors (Lipinski definition) is 3. The molecule has 1 aromatic carbocycles. The van der Waals surface area contributed by atoms with Crippen LogP contribution in [-0.4, -0.2) is 41.8 Å². The molecule has 92 valence electrons. The third-order valence-corrected chi connectivity index (χ3v) is 4.11. The summed E-state index contributed by atoms with van der Waals surface area (Å²) < 4.78 is 13.7. The van der Waals surface area contributed by atoms with Crippen LogP contribution in [0.2, 0.25) is 0 Å². The molecule has 2 rings (SSSR count). The minimum absolute atomic E-state index is 0.0964. The smallest absolute Gasteiger partial charge is 0.183 e. The van der Waals surface area contributed by atoms with Gasteiger partial charge in [-0.15, -0.1) is 0 Å². The quantitative estimate of drug-likeness (QED) is 0.755. The Morgan fingerprint density at radius 2 is 2.29 bits per heavy atom. The number of thioether (sulfide) groups is 1. The van der Waals surface area contributed by atoms with Gasteiger partial charge in [0, 0.05) is 18.1 Å². The molecule has 1 aromatic rings. The van der Waals surface area contributed by atoms with Crippen molar-refractivity contribution in [3.63, 3.8) is 0 Å². The van der Waals surface area contributed by atoms with Crippen molar-refractivity contribution < 1.29 is 9.18 Å². The molecule has 0 N–H and O–H groups in total. The van der Waals surface area contributed by atoms with Gasteiger partial charge in [-0.3, -0.25) is 9.69 Å². The van der Waals surface area contributed by atoms with Crippen LogP contribution in [0.15, 0.2) is 18.2 Å². The third kappa shape index (κ3) is 2.69. The topological polar surface area (TPSA) is 20.3 Å². The molecule has 1 aliphatic rings. The molecule has 1 unspecified atom stereocenters. The maximum absolute atomic E-state index is 13.7. The highest BCUT2D eigenvalue weighted by molar-refractivity contribution is 7.99. The van der Waals surface area contributed by atoms with Crippen LogP contribution in [-0.2, 0) is 0 Å². The van der Waals surface area contributed by atoms with Gasteiger partial charge < -0.3 is 0 Å². The molecule has 2 nitrogen and oxygen atoms in total. The fraction of sp³-hybridized carbons (Fsp3) is 0.462. The lowest BCUT2D eigenvalue weighted by Gasteiger charge is -2.30. The largest absolute Gasteiger partial charge is 0.295 e. The fourth-order valence-corrected chi connectivity index (χ4v) is 3.18. The van der Waals surface area contributed by atoms with Crippen molar-refractivity contribution >= 4 is 17.5 Å². The molecule has 1 heterocycles. The number of aryl methyl sites for hydroxylation is 1. The van der Waals surface area contributed by atoms with Gasteiger partial charge in [-0.2, -0.15) is 11.8 Å². The molecule has 0 aromatic heterocycles. The van der Waals surface area contributed by atoms with Crippen LogP contribution in [0.1, 0.15) is 15.9 Å². The molecular formula is C13H16FNOS. The van der Waals surface area contributed by atoms with Gasteiger partial charge in [-0.1, -0.05) is 11.6 Å². The highest BCUT2D eigenvalue weighted by atomic mass is 32.2. The van der Waals surface area contributed by atoms with E-state index in [4.69, 9.17) is 0 Å². The maximum Gasteiger partial charge on any atom is 0.183 e. The first-order valence-electron chi connectivity index (χ1n) is 5.68. The molecule has 1 fully saturated rings. The first-order chi connectivity index (χ1) is 8.09. The number of nitrogens with zero attached hydrogens (tertiary/aromatic N) is 1. The lowest BCUT2D eigenvalue weighted by atomic mass is 10.0. The van der Waals surface area contributed by atoms with Gasteiger partial charge in [0.1, 0.15) is 5.82 Å². The summed E-state index contributed by atoms with van der Waals surface area (Å²) >= 11 is 1.75. The molecule has 1 saturated heterocycles. The Morgan fingerprint density at radius 1 is 1.53 bits per heavy atom. The molecular weight excluding hydrogens is 237 g/mol. The average Bonchev–Trinajstić information content (AvgIpc) is 2.32. The summed E-state index contributed by atoms with van der Waals surface area (Å²) in [5, 5.41) is 0. The Hall–Kier alpha value is -0.870. The number of likely N-dealkylation sites (N-methyl/N-ethyl adjacent to an activating group) is 1. The van der Waals surface area contributed by atoms with E-state index in [1.165, 1.54) is 6.07 Å². The van der Waals surface area contributed by atoms with Gasteiger partial charge in [0.25, 0.3) is 0 Å². The molecule has 0 amide bonds. The van der Waals surface area contributed by atoms with E-state index in [9.17, 15) is 9.18 Å². The second kappa shape index (κ2) is 5.19. The van der Waals surface area contributed by atoms with E-state index in [2.05, 4.69) is 0 Å². The van der Waals surface area contributed by atoms with E-state index in [1.807, 2.05) is 18.9 Å². The van der Waals surface area contributed by atoms with Crippen LogP contribution >= 0.6 is 11.8 Å². The summed E-state index contributed by atoms with van der Waals surface area (Å²) in [6, 6.07) is 4.51. The number of carbonyl (C=O) groups excluding carboxylic acids is 1. The fourth-order valence-electron chi connectivity index (χ4n) is 1.97. The summed E-state index contributed by atoms with van der Waals surface area (Å²) in [6.07, 6.45) is 0. The molecule has 4 heteroatoms. The predicted octanol–water partition coefficient (Wildman–Crippen LogP) is 2.36. The van der Waals surface area contributed by atoms with Crippen molar-refractivity contribution in [2.45, 2.75) is 13.0 Å². The minimum Gasteiger partial charge on any atom is -0.295 e. The van der Waals surface area contributed by atoms with Gasteiger partial charge >= 0.3 is 0 Å². The zero-order valence-electron chi connectivity index (χ0n) is 10.1. The SMILES string of the molecule is Cc1ccc(F)c(C(=O)C2CSCCN2C)c1. The number of rotatable bonds is 2. The molecule has 0 bridgehead atoms.